The van der Waals surface area contributed by atoms with Crippen LogP contribution in [-0.4, -0.2) is 47.8 Å². The number of nitrogens with zero attached hydrogens (tertiary/aromatic N) is 4. The Labute approximate surface area is 217 Å². The van der Waals surface area contributed by atoms with Gasteiger partial charge in [-0.15, -0.1) is 0 Å². The van der Waals surface area contributed by atoms with Crippen molar-refractivity contribution < 1.29 is 19.6 Å². The van der Waals surface area contributed by atoms with Crippen LogP contribution in [0.25, 0.3) is 11.2 Å². The first-order valence-corrected chi connectivity index (χ1v) is 12.2. The number of H-pyrrole nitrogens is 1. The fraction of sp³-hybridized carbons (Fsp3) is 0.217. The number of rotatable bonds is 9. The Balaban J connectivity index is 1.54. The summed E-state index contributed by atoms with van der Waals surface area (Å²) in [4.78, 5) is 53.9. The van der Waals surface area contributed by atoms with Crippen molar-refractivity contribution in [2.75, 3.05) is 6.61 Å². The van der Waals surface area contributed by atoms with Crippen LogP contribution in [0.1, 0.15) is 15.9 Å². The zero-order chi connectivity index (χ0) is 26.7. The standard InChI is InChI=1S/C23H20ClN5O7S/c1-27-19-18(20(31)26-22(27)33)28(23(25-19)37-12-13-2-6-15(24)7-3-13)10-17(30)11-36-21(32)14-4-8-16(9-5-14)29(34)35/h2-9,17,30H,10-12H2,1H3,(H,26,31,33). The molecule has 4 aromatic rings. The van der Waals surface area contributed by atoms with Gasteiger partial charge in [-0.05, 0) is 29.8 Å². The van der Waals surface area contributed by atoms with Gasteiger partial charge in [-0.1, -0.05) is 35.5 Å². The summed E-state index contributed by atoms with van der Waals surface area (Å²) in [5.74, 6) is -0.306. The van der Waals surface area contributed by atoms with E-state index in [1.807, 2.05) is 12.1 Å². The molecule has 37 heavy (non-hydrogen) atoms. The van der Waals surface area contributed by atoms with Gasteiger partial charge in [0.25, 0.3) is 11.2 Å². The third kappa shape index (κ3) is 5.90. The van der Waals surface area contributed by atoms with Gasteiger partial charge in [-0.2, -0.15) is 0 Å². The number of hydrogen-bond acceptors (Lipinski definition) is 9. The van der Waals surface area contributed by atoms with Crippen molar-refractivity contribution in [2.24, 2.45) is 7.05 Å². The minimum absolute atomic E-state index is 0.0801. The van der Waals surface area contributed by atoms with Crippen molar-refractivity contribution in [1.29, 1.82) is 0 Å². The molecule has 0 aliphatic rings. The van der Waals surface area contributed by atoms with Crippen molar-refractivity contribution in [3.8, 4) is 0 Å². The number of non-ortho nitro benzene ring substituents is 1. The van der Waals surface area contributed by atoms with Crippen LogP contribution in [-0.2, 0) is 24.1 Å². The largest absolute Gasteiger partial charge is 0.459 e. The van der Waals surface area contributed by atoms with Crippen molar-refractivity contribution in [3.05, 3.63) is 95.6 Å². The lowest BCUT2D eigenvalue weighted by molar-refractivity contribution is -0.384. The zero-order valence-electron chi connectivity index (χ0n) is 19.3. The molecule has 14 heteroatoms. The predicted molar refractivity (Wildman–Crippen MR) is 136 cm³/mol. The number of nitro groups is 1. The van der Waals surface area contributed by atoms with Crippen LogP contribution in [0.2, 0.25) is 5.02 Å². The van der Waals surface area contributed by atoms with E-state index in [0.29, 0.717) is 15.9 Å². The number of benzene rings is 2. The van der Waals surface area contributed by atoms with Gasteiger partial charge >= 0.3 is 11.7 Å². The molecular weight excluding hydrogens is 526 g/mol. The molecule has 4 rings (SSSR count). The summed E-state index contributed by atoms with van der Waals surface area (Å²) in [7, 11) is 1.47. The number of aryl methyl sites for hydroxylation is 1. The first kappa shape index (κ1) is 26.1. The molecule has 0 saturated heterocycles. The highest BCUT2D eigenvalue weighted by Crippen LogP contribution is 2.26. The number of aliphatic hydroxyl groups is 1. The second kappa shape index (κ2) is 11.0. The Morgan fingerprint density at radius 1 is 1.22 bits per heavy atom. The van der Waals surface area contributed by atoms with Gasteiger partial charge in [0, 0.05) is 30.0 Å². The number of aromatic nitrogens is 4. The number of halogens is 1. The summed E-state index contributed by atoms with van der Waals surface area (Å²) >= 11 is 7.23. The van der Waals surface area contributed by atoms with E-state index in [0.717, 1.165) is 5.56 Å². The topological polar surface area (TPSA) is 162 Å². The minimum atomic E-state index is -1.23. The van der Waals surface area contributed by atoms with E-state index < -0.39 is 34.9 Å². The Bertz CT molecular complexity index is 1580. The third-order valence-electron chi connectivity index (χ3n) is 5.37. The molecule has 0 fully saturated rings. The maximum absolute atomic E-state index is 12.6. The molecule has 2 N–H and O–H groups in total. The molecule has 192 valence electrons. The third-order valence-corrected chi connectivity index (χ3v) is 6.67. The normalized spacial score (nSPS) is 12.0. The van der Waals surface area contributed by atoms with E-state index in [1.165, 1.54) is 52.2 Å². The van der Waals surface area contributed by atoms with Crippen molar-refractivity contribution >= 4 is 46.2 Å². The van der Waals surface area contributed by atoms with Gasteiger partial charge in [0.05, 0.1) is 17.0 Å². The first-order chi connectivity index (χ1) is 17.6. The van der Waals surface area contributed by atoms with Gasteiger partial charge in [-0.3, -0.25) is 24.5 Å². The summed E-state index contributed by atoms with van der Waals surface area (Å²) in [6.45, 7) is -0.575. The van der Waals surface area contributed by atoms with E-state index in [2.05, 4.69) is 9.97 Å². The number of nitro benzene ring substituents is 1. The number of fused-ring (bicyclic) bond motifs is 1. The average Bonchev–Trinajstić information content (AvgIpc) is 3.24. The fourth-order valence-corrected chi connectivity index (χ4v) is 4.55. The van der Waals surface area contributed by atoms with Crippen molar-refractivity contribution in [2.45, 2.75) is 23.6 Å². The van der Waals surface area contributed by atoms with Crippen LogP contribution < -0.4 is 11.2 Å². The first-order valence-electron chi connectivity index (χ1n) is 10.8. The van der Waals surface area contributed by atoms with Gasteiger partial charge in [0.2, 0.25) is 0 Å². The monoisotopic (exact) mass is 545 g/mol. The molecule has 2 aromatic carbocycles. The number of carbonyl (C=O) groups excluding carboxylic acids is 1. The number of esters is 1. The molecule has 2 aromatic heterocycles. The fourth-order valence-electron chi connectivity index (χ4n) is 3.46. The molecule has 0 radical (unpaired) electrons. The molecule has 2 heterocycles. The number of aliphatic hydroxyl groups excluding tert-OH is 1. The second-order valence-corrected chi connectivity index (χ2v) is 9.35. The predicted octanol–water partition coefficient (Wildman–Crippen LogP) is 2.50. The summed E-state index contributed by atoms with van der Waals surface area (Å²) in [6, 6.07) is 12.0. The van der Waals surface area contributed by atoms with E-state index in [9.17, 15) is 29.6 Å². The Morgan fingerprint density at radius 2 is 1.89 bits per heavy atom. The zero-order valence-corrected chi connectivity index (χ0v) is 20.9. The Hall–Kier alpha value is -3.94. The van der Waals surface area contributed by atoms with E-state index in [-0.39, 0.29) is 29.0 Å². The second-order valence-electron chi connectivity index (χ2n) is 7.97. The molecule has 0 amide bonds. The van der Waals surface area contributed by atoms with E-state index in [1.54, 1.807) is 12.1 Å². The van der Waals surface area contributed by atoms with Crippen LogP contribution in [0, 0.1) is 10.1 Å². The summed E-state index contributed by atoms with van der Waals surface area (Å²) in [5, 5.41) is 22.4. The molecule has 0 bridgehead atoms. The van der Waals surface area contributed by atoms with Crippen LogP contribution in [0.4, 0.5) is 5.69 Å². The maximum Gasteiger partial charge on any atom is 0.338 e. The highest BCUT2D eigenvalue weighted by Gasteiger charge is 2.21. The summed E-state index contributed by atoms with van der Waals surface area (Å²) < 4.78 is 7.82. The van der Waals surface area contributed by atoms with Crippen molar-refractivity contribution in [1.82, 2.24) is 19.1 Å². The number of ether oxygens (including phenoxy) is 1. The van der Waals surface area contributed by atoms with Crippen LogP contribution in [0.15, 0.2) is 63.3 Å². The lowest BCUT2D eigenvalue weighted by Gasteiger charge is -2.14. The van der Waals surface area contributed by atoms with Gasteiger partial charge in [0.1, 0.15) is 12.7 Å². The van der Waals surface area contributed by atoms with Gasteiger partial charge in [-0.25, -0.2) is 14.6 Å². The molecule has 0 aliphatic heterocycles. The Kier molecular flexibility index (Phi) is 7.76. The highest BCUT2D eigenvalue weighted by molar-refractivity contribution is 7.98. The van der Waals surface area contributed by atoms with Gasteiger partial charge in [0.15, 0.2) is 16.3 Å². The number of thioether (sulfide) groups is 1. The van der Waals surface area contributed by atoms with Crippen LogP contribution in [0.5, 0.6) is 0 Å². The number of aromatic amines is 1. The molecule has 12 nitrogen and oxygen atoms in total. The quantitative estimate of drug-likeness (QED) is 0.139. The number of hydrogen-bond donors (Lipinski definition) is 2. The maximum atomic E-state index is 12.6. The summed E-state index contributed by atoms with van der Waals surface area (Å²) in [6.07, 6.45) is -1.23. The molecule has 0 saturated carbocycles. The molecule has 0 spiro atoms. The molecule has 0 aliphatic carbocycles. The lowest BCUT2D eigenvalue weighted by atomic mass is 10.2. The molecule has 1 unspecified atom stereocenters. The van der Waals surface area contributed by atoms with E-state index in [4.69, 9.17) is 16.3 Å². The number of imidazole rings is 1. The van der Waals surface area contributed by atoms with Gasteiger partial charge < -0.3 is 14.4 Å². The van der Waals surface area contributed by atoms with Crippen molar-refractivity contribution in [3.63, 3.8) is 0 Å². The minimum Gasteiger partial charge on any atom is -0.459 e. The Morgan fingerprint density at radius 3 is 2.54 bits per heavy atom. The van der Waals surface area contributed by atoms with Crippen LogP contribution in [0.3, 0.4) is 0 Å². The lowest BCUT2D eigenvalue weighted by Crippen LogP contribution is -2.30. The number of nitrogens with one attached hydrogen (secondary N) is 1. The summed E-state index contributed by atoms with van der Waals surface area (Å²) in [5.41, 5.74) is -0.228. The van der Waals surface area contributed by atoms with E-state index >= 15 is 0 Å². The SMILES string of the molecule is Cn1c(=O)[nH]c(=O)c2c1nc(SCc1ccc(Cl)cc1)n2CC(O)COC(=O)c1ccc([N+](=O)[O-])cc1. The van der Waals surface area contributed by atoms with Crippen LogP contribution >= 0.6 is 23.4 Å². The number of carbonyl (C=O) groups is 1. The molecule has 1 atom stereocenters. The highest BCUT2D eigenvalue weighted by atomic mass is 35.5. The molecular formula is C23H20ClN5O7S. The average molecular weight is 546 g/mol. The smallest absolute Gasteiger partial charge is 0.338 e.